The van der Waals surface area contributed by atoms with Crippen molar-refractivity contribution in [3.05, 3.63) is 47.4 Å². The van der Waals surface area contributed by atoms with Crippen LogP contribution in [-0.4, -0.2) is 58.9 Å². The molecule has 0 saturated carbocycles. The van der Waals surface area contributed by atoms with Crippen molar-refractivity contribution in [2.75, 3.05) is 38.5 Å². The Morgan fingerprint density at radius 3 is 2.56 bits per heavy atom. The van der Waals surface area contributed by atoms with Gasteiger partial charge in [0.25, 0.3) is 5.91 Å². The van der Waals surface area contributed by atoms with Gasteiger partial charge in [-0.3, -0.25) is 4.79 Å². The van der Waals surface area contributed by atoms with Crippen LogP contribution in [0.5, 0.6) is 0 Å². The zero-order valence-electron chi connectivity index (χ0n) is 15.1. The highest BCUT2D eigenvalue weighted by Gasteiger charge is 2.21. The van der Waals surface area contributed by atoms with Crippen LogP contribution in [0.25, 0.3) is 0 Å². The standard InChI is InChI=1S/C19H25N5O/c1-4-15-7-5-6-14(2)18(15)22-17-13-20-16(12-21-17)19(25)24-10-8-23(3)9-11-24/h5-7,12-13H,4,8-11H2,1-3H3,(H,21,22). The summed E-state index contributed by atoms with van der Waals surface area (Å²) in [6.07, 6.45) is 4.14. The van der Waals surface area contributed by atoms with Gasteiger partial charge in [-0.15, -0.1) is 0 Å². The normalized spacial score (nSPS) is 15.2. The average Bonchev–Trinajstić information content (AvgIpc) is 2.64. The van der Waals surface area contributed by atoms with Crippen LogP contribution in [0.4, 0.5) is 11.5 Å². The number of hydrogen-bond donors (Lipinski definition) is 1. The van der Waals surface area contributed by atoms with Crippen molar-refractivity contribution in [3.8, 4) is 0 Å². The van der Waals surface area contributed by atoms with Crippen LogP contribution >= 0.6 is 0 Å². The highest BCUT2D eigenvalue weighted by atomic mass is 16.2. The second-order valence-electron chi connectivity index (χ2n) is 6.47. The van der Waals surface area contributed by atoms with Crippen LogP contribution in [0, 0.1) is 6.92 Å². The minimum Gasteiger partial charge on any atom is -0.339 e. The summed E-state index contributed by atoms with van der Waals surface area (Å²) < 4.78 is 0. The number of carbonyl (C=O) groups excluding carboxylic acids is 1. The minimum atomic E-state index is -0.0442. The Labute approximate surface area is 148 Å². The molecule has 1 amide bonds. The van der Waals surface area contributed by atoms with E-state index in [0.717, 1.165) is 38.3 Å². The first-order valence-corrected chi connectivity index (χ1v) is 8.74. The quantitative estimate of drug-likeness (QED) is 0.927. The van der Waals surface area contributed by atoms with E-state index in [9.17, 15) is 4.79 Å². The summed E-state index contributed by atoms with van der Waals surface area (Å²) in [5.74, 6) is 0.608. The van der Waals surface area contributed by atoms with E-state index < -0.39 is 0 Å². The molecule has 0 unspecified atom stereocenters. The number of amides is 1. The van der Waals surface area contributed by atoms with Crippen molar-refractivity contribution in [2.24, 2.45) is 0 Å². The number of piperazine rings is 1. The second-order valence-corrected chi connectivity index (χ2v) is 6.47. The molecule has 132 valence electrons. The van der Waals surface area contributed by atoms with E-state index in [4.69, 9.17) is 0 Å². The van der Waals surface area contributed by atoms with Crippen LogP contribution < -0.4 is 5.32 Å². The number of carbonyl (C=O) groups is 1. The number of benzene rings is 1. The Morgan fingerprint density at radius 2 is 1.92 bits per heavy atom. The zero-order chi connectivity index (χ0) is 17.8. The van der Waals surface area contributed by atoms with Crippen molar-refractivity contribution < 1.29 is 4.79 Å². The maximum absolute atomic E-state index is 12.5. The van der Waals surface area contributed by atoms with E-state index in [0.29, 0.717) is 11.5 Å². The van der Waals surface area contributed by atoms with Crippen LogP contribution in [0.15, 0.2) is 30.6 Å². The molecule has 6 nitrogen and oxygen atoms in total. The van der Waals surface area contributed by atoms with Crippen molar-refractivity contribution in [3.63, 3.8) is 0 Å². The lowest BCUT2D eigenvalue weighted by Gasteiger charge is -2.32. The number of nitrogens with one attached hydrogen (secondary N) is 1. The van der Waals surface area contributed by atoms with Gasteiger partial charge in [0.15, 0.2) is 0 Å². The number of rotatable bonds is 4. The van der Waals surface area contributed by atoms with Gasteiger partial charge in [0, 0.05) is 31.9 Å². The van der Waals surface area contributed by atoms with Crippen LogP contribution in [0.3, 0.4) is 0 Å². The monoisotopic (exact) mass is 339 g/mol. The summed E-state index contributed by atoms with van der Waals surface area (Å²) in [5, 5.41) is 3.34. The van der Waals surface area contributed by atoms with E-state index in [-0.39, 0.29) is 5.91 Å². The first kappa shape index (κ1) is 17.4. The molecule has 2 aromatic rings. The molecule has 1 aromatic heterocycles. The maximum atomic E-state index is 12.5. The van der Waals surface area contributed by atoms with Crippen molar-refractivity contribution in [2.45, 2.75) is 20.3 Å². The van der Waals surface area contributed by atoms with E-state index in [1.165, 1.54) is 11.1 Å². The molecule has 1 N–H and O–H groups in total. The van der Waals surface area contributed by atoms with Gasteiger partial charge in [0.1, 0.15) is 11.5 Å². The Hall–Kier alpha value is -2.47. The molecule has 6 heteroatoms. The first-order valence-electron chi connectivity index (χ1n) is 8.74. The molecule has 1 saturated heterocycles. The summed E-state index contributed by atoms with van der Waals surface area (Å²) in [5.41, 5.74) is 3.87. The Morgan fingerprint density at radius 1 is 1.16 bits per heavy atom. The molecular formula is C19H25N5O. The van der Waals surface area contributed by atoms with Gasteiger partial charge in [0.2, 0.25) is 0 Å². The molecule has 0 spiro atoms. The first-order chi connectivity index (χ1) is 12.1. The number of aromatic nitrogens is 2. The lowest BCUT2D eigenvalue weighted by atomic mass is 10.1. The molecule has 0 radical (unpaired) electrons. The van der Waals surface area contributed by atoms with Gasteiger partial charge in [0.05, 0.1) is 12.4 Å². The van der Waals surface area contributed by atoms with Crippen LogP contribution in [0.1, 0.15) is 28.5 Å². The van der Waals surface area contributed by atoms with Gasteiger partial charge < -0.3 is 15.1 Å². The predicted octanol–water partition coefficient (Wildman–Crippen LogP) is 2.48. The summed E-state index contributed by atoms with van der Waals surface area (Å²) in [6, 6.07) is 6.23. The number of aryl methyl sites for hydroxylation is 2. The zero-order valence-corrected chi connectivity index (χ0v) is 15.1. The van der Waals surface area contributed by atoms with Gasteiger partial charge in [-0.05, 0) is 31.5 Å². The molecule has 0 aliphatic carbocycles. The Bertz CT molecular complexity index is 736. The highest BCUT2D eigenvalue weighted by Crippen LogP contribution is 2.24. The molecule has 0 bridgehead atoms. The van der Waals surface area contributed by atoms with E-state index in [2.05, 4.69) is 59.3 Å². The largest absolute Gasteiger partial charge is 0.339 e. The average molecular weight is 339 g/mol. The van der Waals surface area contributed by atoms with Crippen molar-refractivity contribution in [1.82, 2.24) is 19.8 Å². The molecule has 3 rings (SSSR count). The van der Waals surface area contributed by atoms with Crippen LogP contribution in [-0.2, 0) is 6.42 Å². The Balaban J connectivity index is 1.72. The predicted molar refractivity (Wildman–Crippen MR) is 99.3 cm³/mol. The minimum absolute atomic E-state index is 0.0442. The Kier molecular flexibility index (Phi) is 5.28. The number of nitrogens with zero attached hydrogens (tertiary/aromatic N) is 4. The molecule has 25 heavy (non-hydrogen) atoms. The summed E-state index contributed by atoms with van der Waals surface area (Å²) >= 11 is 0. The molecule has 1 aromatic carbocycles. The molecule has 2 heterocycles. The van der Waals surface area contributed by atoms with E-state index in [1.54, 1.807) is 12.4 Å². The third-order valence-corrected chi connectivity index (χ3v) is 4.65. The summed E-state index contributed by atoms with van der Waals surface area (Å²) in [4.78, 5) is 25.3. The fourth-order valence-electron chi connectivity index (χ4n) is 3.00. The highest BCUT2D eigenvalue weighted by molar-refractivity contribution is 5.92. The lowest BCUT2D eigenvalue weighted by molar-refractivity contribution is 0.0658. The molecule has 1 fully saturated rings. The number of hydrogen-bond acceptors (Lipinski definition) is 5. The fraction of sp³-hybridized carbons (Fsp3) is 0.421. The maximum Gasteiger partial charge on any atom is 0.274 e. The second kappa shape index (κ2) is 7.61. The molecule has 1 aliphatic heterocycles. The number of anilines is 2. The fourth-order valence-corrected chi connectivity index (χ4v) is 3.00. The topological polar surface area (TPSA) is 61.4 Å². The van der Waals surface area contributed by atoms with Gasteiger partial charge in [-0.1, -0.05) is 25.1 Å². The summed E-state index contributed by atoms with van der Waals surface area (Å²) in [7, 11) is 2.07. The third-order valence-electron chi connectivity index (χ3n) is 4.65. The third kappa shape index (κ3) is 3.96. The van der Waals surface area contributed by atoms with Crippen molar-refractivity contribution >= 4 is 17.4 Å². The number of para-hydroxylation sites is 1. The van der Waals surface area contributed by atoms with Crippen molar-refractivity contribution in [1.29, 1.82) is 0 Å². The molecular weight excluding hydrogens is 314 g/mol. The smallest absolute Gasteiger partial charge is 0.274 e. The van der Waals surface area contributed by atoms with E-state index >= 15 is 0 Å². The van der Waals surface area contributed by atoms with Gasteiger partial charge in [-0.25, -0.2) is 9.97 Å². The lowest BCUT2D eigenvalue weighted by Crippen LogP contribution is -2.47. The van der Waals surface area contributed by atoms with Crippen LogP contribution in [0.2, 0.25) is 0 Å². The van der Waals surface area contributed by atoms with E-state index in [1.807, 2.05) is 4.90 Å². The van der Waals surface area contributed by atoms with Gasteiger partial charge >= 0.3 is 0 Å². The van der Waals surface area contributed by atoms with Gasteiger partial charge in [-0.2, -0.15) is 0 Å². The molecule has 0 atom stereocenters. The SMILES string of the molecule is CCc1cccc(C)c1Nc1cnc(C(=O)N2CCN(C)CC2)cn1. The number of likely N-dealkylation sites (N-methyl/N-ethyl adjacent to an activating group) is 1. The summed E-state index contributed by atoms with van der Waals surface area (Å²) in [6.45, 7) is 7.46. The molecule has 1 aliphatic rings.